The maximum Gasteiger partial charge on any atom is 0.262 e. The Morgan fingerprint density at radius 2 is 1.88 bits per heavy atom. The molecule has 4 heteroatoms. The molecule has 0 unspecified atom stereocenters. The van der Waals surface area contributed by atoms with Crippen LogP contribution in [0.3, 0.4) is 0 Å². The average Bonchev–Trinajstić information content (AvgIpc) is 2.31. The Morgan fingerprint density at radius 1 is 1.25 bits per heavy atom. The molecule has 1 N–H and O–H groups in total. The number of ether oxygens (including phenoxy) is 1. The molecule has 86 valence electrons. The van der Waals surface area contributed by atoms with Gasteiger partial charge in [-0.1, -0.05) is 18.2 Å². The highest BCUT2D eigenvalue weighted by Crippen LogP contribution is 2.26. The molecule has 0 spiro atoms. The first-order valence-corrected chi connectivity index (χ1v) is 5.34. The van der Waals surface area contributed by atoms with E-state index >= 15 is 0 Å². The van der Waals surface area contributed by atoms with Crippen LogP contribution in [-0.2, 0) is 9.53 Å². The molecule has 0 atom stereocenters. The fourth-order valence-electron chi connectivity index (χ4n) is 1.69. The Balaban J connectivity index is 2.02. The second-order valence-corrected chi connectivity index (χ2v) is 3.90. The molecular weight excluding hydrogens is 209 g/mol. The molecule has 1 aromatic carbocycles. The molecule has 3 nitrogen and oxygen atoms in total. The van der Waals surface area contributed by atoms with Crippen molar-refractivity contribution in [2.24, 2.45) is 0 Å². The number of hydrogen-bond donors (Lipinski definition) is 1. The van der Waals surface area contributed by atoms with Crippen molar-refractivity contribution in [1.82, 2.24) is 0 Å². The predicted molar refractivity (Wildman–Crippen MR) is 59.0 cm³/mol. The maximum atomic E-state index is 14.2. The highest BCUT2D eigenvalue weighted by molar-refractivity contribution is 5.97. The molecule has 1 aliphatic rings. The van der Waals surface area contributed by atoms with Crippen LogP contribution >= 0.6 is 0 Å². The third kappa shape index (κ3) is 2.39. The van der Waals surface area contributed by atoms with Crippen molar-refractivity contribution >= 4 is 11.6 Å². The minimum atomic E-state index is -1.78. The van der Waals surface area contributed by atoms with Crippen LogP contribution in [0.2, 0.25) is 0 Å². The van der Waals surface area contributed by atoms with Crippen LogP contribution < -0.4 is 5.32 Å². The summed E-state index contributed by atoms with van der Waals surface area (Å²) in [6, 6.07) is 8.91. The second-order valence-electron chi connectivity index (χ2n) is 3.90. The molecule has 0 radical (unpaired) electrons. The molecule has 16 heavy (non-hydrogen) atoms. The second kappa shape index (κ2) is 4.61. The van der Waals surface area contributed by atoms with Crippen molar-refractivity contribution in [3.63, 3.8) is 0 Å². The van der Waals surface area contributed by atoms with Crippen LogP contribution in [0.4, 0.5) is 10.1 Å². The summed E-state index contributed by atoms with van der Waals surface area (Å²) in [5.41, 5.74) is -1.16. The van der Waals surface area contributed by atoms with Crippen molar-refractivity contribution in [3.05, 3.63) is 30.3 Å². The minimum absolute atomic E-state index is 0.131. The number of hydrogen-bond acceptors (Lipinski definition) is 2. The van der Waals surface area contributed by atoms with E-state index in [-0.39, 0.29) is 12.8 Å². The monoisotopic (exact) mass is 223 g/mol. The van der Waals surface area contributed by atoms with Gasteiger partial charge in [0.15, 0.2) is 5.67 Å². The van der Waals surface area contributed by atoms with Gasteiger partial charge in [-0.3, -0.25) is 4.79 Å². The molecular formula is C12H14FNO2. The third-order valence-corrected chi connectivity index (χ3v) is 2.72. The number of halogens is 1. The number of carbonyl (C=O) groups is 1. The lowest BCUT2D eigenvalue weighted by atomic mass is 9.95. The Morgan fingerprint density at radius 3 is 2.50 bits per heavy atom. The number of nitrogens with one attached hydrogen (secondary N) is 1. The third-order valence-electron chi connectivity index (χ3n) is 2.72. The lowest BCUT2D eigenvalue weighted by molar-refractivity contribution is -0.133. The predicted octanol–water partition coefficient (Wildman–Crippen LogP) is 2.14. The number of rotatable bonds is 2. The summed E-state index contributed by atoms with van der Waals surface area (Å²) in [4.78, 5) is 11.7. The molecule has 0 aromatic heterocycles. The number of carbonyl (C=O) groups excluding carboxylic acids is 1. The van der Waals surface area contributed by atoms with Crippen molar-refractivity contribution < 1.29 is 13.9 Å². The van der Waals surface area contributed by atoms with Crippen molar-refractivity contribution in [2.75, 3.05) is 18.5 Å². The van der Waals surface area contributed by atoms with E-state index < -0.39 is 11.6 Å². The Labute approximate surface area is 93.6 Å². The van der Waals surface area contributed by atoms with Crippen LogP contribution in [0, 0.1) is 0 Å². The fourth-order valence-corrected chi connectivity index (χ4v) is 1.69. The molecule has 1 fully saturated rings. The molecule has 0 saturated carbocycles. The summed E-state index contributed by atoms with van der Waals surface area (Å²) < 4.78 is 19.2. The van der Waals surface area contributed by atoms with Gasteiger partial charge in [0.2, 0.25) is 0 Å². The van der Waals surface area contributed by atoms with Gasteiger partial charge in [-0.05, 0) is 12.1 Å². The van der Waals surface area contributed by atoms with E-state index in [0.29, 0.717) is 18.9 Å². The van der Waals surface area contributed by atoms with Crippen molar-refractivity contribution in [1.29, 1.82) is 0 Å². The molecule has 2 rings (SSSR count). The zero-order valence-corrected chi connectivity index (χ0v) is 8.91. The Kier molecular flexibility index (Phi) is 3.19. The first kappa shape index (κ1) is 11.1. The lowest BCUT2D eigenvalue weighted by Crippen LogP contribution is -2.43. The lowest BCUT2D eigenvalue weighted by Gasteiger charge is -2.28. The number of benzene rings is 1. The highest BCUT2D eigenvalue weighted by atomic mass is 19.1. The zero-order valence-electron chi connectivity index (χ0n) is 8.91. The molecule has 1 heterocycles. The van der Waals surface area contributed by atoms with E-state index in [0.717, 1.165) is 0 Å². The summed E-state index contributed by atoms with van der Waals surface area (Å²) in [5, 5.41) is 2.58. The van der Waals surface area contributed by atoms with Crippen molar-refractivity contribution in [2.45, 2.75) is 18.5 Å². The molecule has 1 saturated heterocycles. The summed E-state index contributed by atoms with van der Waals surface area (Å²) in [7, 11) is 0. The van der Waals surface area contributed by atoms with Gasteiger partial charge in [0.1, 0.15) is 0 Å². The van der Waals surface area contributed by atoms with Gasteiger partial charge < -0.3 is 10.1 Å². The summed E-state index contributed by atoms with van der Waals surface area (Å²) in [6.07, 6.45) is 0.261. The van der Waals surface area contributed by atoms with Gasteiger partial charge in [-0.25, -0.2) is 4.39 Å². The van der Waals surface area contributed by atoms with E-state index in [4.69, 9.17) is 4.74 Å². The number of amides is 1. The van der Waals surface area contributed by atoms with Crippen LogP contribution in [0.25, 0.3) is 0 Å². The van der Waals surface area contributed by atoms with Gasteiger partial charge >= 0.3 is 0 Å². The van der Waals surface area contributed by atoms with Crippen LogP contribution in [-0.4, -0.2) is 24.8 Å². The van der Waals surface area contributed by atoms with Gasteiger partial charge in [0, 0.05) is 18.5 Å². The highest BCUT2D eigenvalue weighted by Gasteiger charge is 2.40. The zero-order chi connectivity index (χ0) is 11.4. The standard InChI is InChI=1S/C12H14FNO2/c13-12(6-8-16-9-7-12)11(15)14-10-4-2-1-3-5-10/h1-5H,6-9H2,(H,14,15). The van der Waals surface area contributed by atoms with Gasteiger partial charge in [0.25, 0.3) is 5.91 Å². The van der Waals surface area contributed by atoms with Crippen LogP contribution in [0.15, 0.2) is 30.3 Å². The average molecular weight is 223 g/mol. The maximum absolute atomic E-state index is 14.2. The van der Waals surface area contributed by atoms with Gasteiger partial charge in [0.05, 0.1) is 13.2 Å². The summed E-state index contributed by atoms with van der Waals surface area (Å²) in [5.74, 6) is -0.568. The molecule has 0 bridgehead atoms. The first-order valence-electron chi connectivity index (χ1n) is 5.34. The minimum Gasteiger partial charge on any atom is -0.381 e. The topological polar surface area (TPSA) is 38.3 Å². The quantitative estimate of drug-likeness (QED) is 0.834. The van der Waals surface area contributed by atoms with E-state index in [1.54, 1.807) is 24.3 Å². The normalized spacial score (nSPS) is 19.1. The van der Waals surface area contributed by atoms with Gasteiger partial charge in [-0.2, -0.15) is 0 Å². The van der Waals surface area contributed by atoms with E-state index in [9.17, 15) is 9.18 Å². The number of para-hydroxylation sites is 1. The molecule has 1 aliphatic heterocycles. The number of alkyl halides is 1. The smallest absolute Gasteiger partial charge is 0.262 e. The van der Waals surface area contributed by atoms with E-state index in [1.807, 2.05) is 6.07 Å². The van der Waals surface area contributed by atoms with Crippen molar-refractivity contribution in [3.8, 4) is 0 Å². The Hall–Kier alpha value is -1.42. The Bertz CT molecular complexity index is 361. The van der Waals surface area contributed by atoms with E-state index in [1.165, 1.54) is 0 Å². The van der Waals surface area contributed by atoms with E-state index in [2.05, 4.69) is 5.32 Å². The molecule has 1 amide bonds. The first-order chi connectivity index (χ1) is 7.71. The SMILES string of the molecule is O=C(Nc1ccccc1)C1(F)CCOCC1. The number of anilines is 1. The molecule has 0 aliphatic carbocycles. The molecule has 1 aromatic rings. The summed E-state index contributed by atoms with van der Waals surface area (Å²) >= 11 is 0. The van der Waals surface area contributed by atoms with Gasteiger partial charge in [-0.15, -0.1) is 0 Å². The fraction of sp³-hybridized carbons (Fsp3) is 0.417. The summed E-state index contributed by atoms with van der Waals surface area (Å²) in [6.45, 7) is 0.609. The van der Waals surface area contributed by atoms with Crippen LogP contribution in [0.5, 0.6) is 0 Å². The van der Waals surface area contributed by atoms with Crippen LogP contribution in [0.1, 0.15) is 12.8 Å². The largest absolute Gasteiger partial charge is 0.381 e.